The maximum absolute atomic E-state index is 12.5. The van der Waals surface area contributed by atoms with E-state index in [0.717, 1.165) is 10.1 Å². The molecule has 0 radical (unpaired) electrons. The molecule has 3 rings (SSSR count). The third kappa shape index (κ3) is 2.87. The summed E-state index contributed by atoms with van der Waals surface area (Å²) in [6, 6.07) is 5.76. The number of nitrogen functional groups attached to an aromatic ring is 1. The predicted molar refractivity (Wildman–Crippen MR) is 90.1 cm³/mol. The van der Waals surface area contributed by atoms with E-state index < -0.39 is 0 Å². The number of rotatable bonds is 3. The van der Waals surface area contributed by atoms with Gasteiger partial charge in [-0.2, -0.15) is 0 Å². The summed E-state index contributed by atoms with van der Waals surface area (Å²) in [6.07, 6.45) is 4.96. The molecule has 1 aromatic carbocycles. The molecule has 3 N–H and O–H groups in total. The normalized spacial score (nSPS) is 17.2. The summed E-state index contributed by atoms with van der Waals surface area (Å²) >= 11 is 7.43. The maximum atomic E-state index is 12.5. The minimum atomic E-state index is -0.0655. The van der Waals surface area contributed by atoms with Crippen molar-refractivity contribution >= 4 is 44.6 Å². The van der Waals surface area contributed by atoms with E-state index in [1.807, 2.05) is 18.2 Å². The van der Waals surface area contributed by atoms with Crippen molar-refractivity contribution in [3.05, 3.63) is 28.1 Å². The average molecular weight is 323 g/mol. The van der Waals surface area contributed by atoms with E-state index in [9.17, 15) is 4.79 Å². The van der Waals surface area contributed by atoms with Crippen LogP contribution in [0.1, 0.15) is 42.3 Å². The van der Waals surface area contributed by atoms with Gasteiger partial charge in [0.1, 0.15) is 4.88 Å². The first kappa shape index (κ1) is 14.7. The van der Waals surface area contributed by atoms with Crippen molar-refractivity contribution in [1.29, 1.82) is 0 Å². The van der Waals surface area contributed by atoms with Gasteiger partial charge in [0.15, 0.2) is 0 Å². The smallest absolute Gasteiger partial charge is 0.263 e. The zero-order valence-electron chi connectivity index (χ0n) is 12.0. The standard InChI is InChI=1S/C16H19ClN2OS/c1-9(10-4-2-3-5-10)19-16(20)15-14(18)12-8-11(17)6-7-13(12)21-15/h6-10H,2-5,18H2,1H3,(H,19,20). The summed E-state index contributed by atoms with van der Waals surface area (Å²) in [5, 5.41) is 4.62. The summed E-state index contributed by atoms with van der Waals surface area (Å²) in [4.78, 5) is 13.1. The molecule has 0 spiro atoms. The van der Waals surface area contributed by atoms with Gasteiger partial charge < -0.3 is 11.1 Å². The van der Waals surface area contributed by atoms with E-state index in [-0.39, 0.29) is 11.9 Å². The maximum Gasteiger partial charge on any atom is 0.263 e. The van der Waals surface area contributed by atoms with Crippen molar-refractivity contribution in [2.24, 2.45) is 5.92 Å². The molecule has 112 valence electrons. The molecular weight excluding hydrogens is 304 g/mol. The number of benzene rings is 1. The summed E-state index contributed by atoms with van der Waals surface area (Å²) in [5.41, 5.74) is 6.66. The summed E-state index contributed by atoms with van der Waals surface area (Å²) in [7, 11) is 0. The molecule has 3 nitrogen and oxygen atoms in total. The number of nitrogens with two attached hydrogens (primary N) is 1. The molecule has 1 saturated carbocycles. The van der Waals surface area contributed by atoms with Crippen LogP contribution in [0.4, 0.5) is 5.69 Å². The molecule has 1 aliphatic carbocycles. The highest BCUT2D eigenvalue weighted by atomic mass is 35.5. The third-order valence-corrected chi connectivity index (χ3v) is 5.78. The fraction of sp³-hybridized carbons (Fsp3) is 0.438. The number of nitrogens with one attached hydrogen (secondary N) is 1. The molecular formula is C16H19ClN2OS. The van der Waals surface area contributed by atoms with Gasteiger partial charge in [0.2, 0.25) is 0 Å². The van der Waals surface area contributed by atoms with Gasteiger partial charge in [-0.3, -0.25) is 4.79 Å². The van der Waals surface area contributed by atoms with Crippen LogP contribution in [0.2, 0.25) is 5.02 Å². The van der Waals surface area contributed by atoms with Gasteiger partial charge in [-0.1, -0.05) is 24.4 Å². The molecule has 2 aromatic rings. The fourth-order valence-electron chi connectivity index (χ4n) is 3.11. The Morgan fingerprint density at radius 2 is 2.14 bits per heavy atom. The number of carbonyl (C=O) groups is 1. The Morgan fingerprint density at radius 1 is 1.43 bits per heavy atom. The molecule has 21 heavy (non-hydrogen) atoms. The van der Waals surface area contributed by atoms with E-state index in [0.29, 0.717) is 21.5 Å². The number of amides is 1. The van der Waals surface area contributed by atoms with Crippen LogP contribution < -0.4 is 11.1 Å². The lowest BCUT2D eigenvalue weighted by atomic mass is 10.00. The Bertz CT molecular complexity index is 676. The first-order valence-corrected chi connectivity index (χ1v) is 8.54. The Balaban J connectivity index is 1.82. The minimum absolute atomic E-state index is 0.0655. The lowest BCUT2D eigenvalue weighted by Gasteiger charge is -2.20. The van der Waals surface area contributed by atoms with Crippen molar-refractivity contribution < 1.29 is 4.79 Å². The van der Waals surface area contributed by atoms with Crippen LogP contribution in [0.15, 0.2) is 18.2 Å². The Kier molecular flexibility index (Phi) is 4.09. The first-order valence-electron chi connectivity index (χ1n) is 7.34. The summed E-state index contributed by atoms with van der Waals surface area (Å²) in [6.45, 7) is 2.09. The third-order valence-electron chi connectivity index (χ3n) is 4.36. The second-order valence-electron chi connectivity index (χ2n) is 5.79. The lowest BCUT2D eigenvalue weighted by molar-refractivity contribution is 0.0932. The van der Waals surface area contributed by atoms with E-state index in [1.165, 1.54) is 37.0 Å². The van der Waals surface area contributed by atoms with Gasteiger partial charge in [0, 0.05) is 21.2 Å². The number of anilines is 1. The van der Waals surface area contributed by atoms with Crippen LogP contribution in [0, 0.1) is 5.92 Å². The Labute approximate surface area is 133 Å². The molecule has 1 atom stereocenters. The summed E-state index contributed by atoms with van der Waals surface area (Å²) in [5.74, 6) is 0.531. The van der Waals surface area contributed by atoms with E-state index in [2.05, 4.69) is 12.2 Å². The highest BCUT2D eigenvalue weighted by Crippen LogP contribution is 2.35. The average Bonchev–Trinajstić information content (AvgIpc) is 3.08. The minimum Gasteiger partial charge on any atom is -0.397 e. The molecule has 0 bridgehead atoms. The quantitative estimate of drug-likeness (QED) is 0.877. The van der Waals surface area contributed by atoms with Crippen LogP contribution in [0.5, 0.6) is 0 Å². The van der Waals surface area contributed by atoms with Gasteiger partial charge in [-0.15, -0.1) is 11.3 Å². The van der Waals surface area contributed by atoms with Gasteiger partial charge in [0.25, 0.3) is 5.91 Å². The highest BCUT2D eigenvalue weighted by Gasteiger charge is 2.25. The predicted octanol–water partition coefficient (Wildman–Crippen LogP) is 4.45. The second-order valence-corrected chi connectivity index (χ2v) is 7.28. The number of carbonyl (C=O) groups excluding carboxylic acids is 1. The molecule has 0 saturated heterocycles. The molecule has 1 amide bonds. The number of hydrogen-bond acceptors (Lipinski definition) is 3. The lowest BCUT2D eigenvalue weighted by Crippen LogP contribution is -2.37. The summed E-state index contributed by atoms with van der Waals surface area (Å²) < 4.78 is 0.996. The molecule has 1 unspecified atom stereocenters. The zero-order valence-corrected chi connectivity index (χ0v) is 13.6. The monoisotopic (exact) mass is 322 g/mol. The second kappa shape index (κ2) is 5.85. The molecule has 1 fully saturated rings. The van der Waals surface area contributed by atoms with Crippen molar-refractivity contribution in [2.45, 2.75) is 38.6 Å². The van der Waals surface area contributed by atoms with Gasteiger partial charge in [-0.25, -0.2) is 0 Å². The Hall–Kier alpha value is -1.26. The van der Waals surface area contributed by atoms with Crippen molar-refractivity contribution in [3.63, 3.8) is 0 Å². The van der Waals surface area contributed by atoms with Crippen molar-refractivity contribution in [3.8, 4) is 0 Å². The van der Waals surface area contributed by atoms with Crippen LogP contribution >= 0.6 is 22.9 Å². The van der Waals surface area contributed by atoms with E-state index in [1.54, 1.807) is 0 Å². The van der Waals surface area contributed by atoms with E-state index >= 15 is 0 Å². The number of halogens is 1. The molecule has 1 aliphatic rings. The van der Waals surface area contributed by atoms with Crippen LogP contribution in [0.3, 0.4) is 0 Å². The molecule has 1 aromatic heterocycles. The highest BCUT2D eigenvalue weighted by molar-refractivity contribution is 7.21. The largest absolute Gasteiger partial charge is 0.397 e. The SMILES string of the molecule is CC(NC(=O)c1sc2ccc(Cl)cc2c1N)C1CCCC1. The van der Waals surface area contributed by atoms with Crippen LogP contribution in [-0.2, 0) is 0 Å². The molecule has 0 aliphatic heterocycles. The van der Waals surface area contributed by atoms with Gasteiger partial charge >= 0.3 is 0 Å². The number of thiophene rings is 1. The molecule has 1 heterocycles. The number of fused-ring (bicyclic) bond motifs is 1. The first-order chi connectivity index (χ1) is 10.1. The fourth-order valence-corrected chi connectivity index (χ4v) is 4.28. The van der Waals surface area contributed by atoms with E-state index in [4.69, 9.17) is 17.3 Å². The topological polar surface area (TPSA) is 55.1 Å². The van der Waals surface area contributed by atoms with Crippen LogP contribution in [0.25, 0.3) is 10.1 Å². The zero-order chi connectivity index (χ0) is 15.0. The molecule has 5 heteroatoms. The van der Waals surface area contributed by atoms with Gasteiger partial charge in [0.05, 0.1) is 5.69 Å². The van der Waals surface area contributed by atoms with Crippen LogP contribution in [-0.4, -0.2) is 11.9 Å². The number of hydrogen-bond donors (Lipinski definition) is 2. The van der Waals surface area contributed by atoms with Gasteiger partial charge in [-0.05, 0) is 43.9 Å². The Morgan fingerprint density at radius 3 is 2.86 bits per heavy atom. The van der Waals surface area contributed by atoms with Crippen molar-refractivity contribution in [2.75, 3.05) is 5.73 Å². The van der Waals surface area contributed by atoms with Crippen molar-refractivity contribution in [1.82, 2.24) is 5.32 Å².